The predicted molar refractivity (Wildman–Crippen MR) is 127 cm³/mol. The van der Waals surface area contributed by atoms with Crippen LogP contribution in [0.5, 0.6) is 5.75 Å². The minimum atomic E-state index is -3.66. The van der Waals surface area contributed by atoms with Gasteiger partial charge in [0.25, 0.3) is 0 Å². The molecule has 0 atom stereocenters. The molecule has 0 aliphatic heterocycles. The van der Waals surface area contributed by atoms with E-state index in [0.29, 0.717) is 13.2 Å². The summed E-state index contributed by atoms with van der Waals surface area (Å²) in [4.78, 5) is 0.283. The van der Waals surface area contributed by atoms with Gasteiger partial charge in [0.05, 0.1) is 25.2 Å². The number of ether oxygens (including phenoxy) is 2. The molecule has 3 rings (SSSR count). The van der Waals surface area contributed by atoms with Gasteiger partial charge >= 0.3 is 0 Å². The second-order valence-electron chi connectivity index (χ2n) is 7.43. The number of sulfonamides is 1. The highest BCUT2D eigenvalue weighted by Crippen LogP contribution is 2.20. The smallest absolute Gasteiger partial charge is 0.243 e. The molecule has 0 radical (unpaired) electrons. The van der Waals surface area contributed by atoms with E-state index in [0.717, 1.165) is 22.4 Å². The number of rotatable bonds is 11. The quantitative estimate of drug-likeness (QED) is 0.305. The number of methoxy groups -OCH3 is 1. The van der Waals surface area contributed by atoms with E-state index in [-0.39, 0.29) is 18.0 Å². The van der Waals surface area contributed by atoms with Crippen LogP contribution in [0.25, 0.3) is 0 Å². The highest BCUT2D eigenvalue weighted by atomic mass is 32.2. The van der Waals surface area contributed by atoms with E-state index < -0.39 is 10.0 Å². The Balaban J connectivity index is 1.68. The van der Waals surface area contributed by atoms with E-state index >= 15 is 0 Å². The molecule has 0 aliphatic carbocycles. The normalized spacial score (nSPS) is 11.8. The molecule has 3 aromatic rings. The van der Waals surface area contributed by atoms with Gasteiger partial charge in [0.15, 0.2) is 0 Å². The van der Waals surface area contributed by atoms with Crippen molar-refractivity contribution in [1.29, 1.82) is 0 Å². The molecule has 0 aromatic heterocycles. The average Bonchev–Trinajstić information content (AvgIpc) is 2.82. The Hall–Kier alpha value is -2.93. The summed E-state index contributed by atoms with van der Waals surface area (Å²) in [6, 6.07) is 24.3. The summed E-state index contributed by atoms with van der Waals surface area (Å²) in [6.45, 7) is 3.37. The summed E-state index contributed by atoms with van der Waals surface area (Å²) in [5.41, 5.74) is 3.00. The van der Waals surface area contributed by atoms with Gasteiger partial charge in [-0.05, 0) is 42.3 Å². The van der Waals surface area contributed by atoms with Crippen LogP contribution in [0.1, 0.15) is 16.7 Å². The maximum absolute atomic E-state index is 13.3. The Morgan fingerprint density at radius 3 is 2.19 bits per heavy atom. The molecule has 5 nitrogen and oxygen atoms in total. The van der Waals surface area contributed by atoms with Crippen LogP contribution < -0.4 is 4.74 Å². The zero-order valence-corrected chi connectivity index (χ0v) is 19.3. The maximum Gasteiger partial charge on any atom is 0.243 e. The largest absolute Gasteiger partial charge is 0.497 e. The number of nitrogens with zero attached hydrogens (tertiary/aromatic N) is 1. The molecule has 0 saturated carbocycles. The van der Waals surface area contributed by atoms with Crippen LogP contribution >= 0.6 is 0 Å². The fourth-order valence-corrected chi connectivity index (χ4v) is 4.50. The minimum absolute atomic E-state index is 0.247. The first-order chi connectivity index (χ1) is 15.5. The van der Waals surface area contributed by atoms with Crippen LogP contribution in [-0.4, -0.2) is 33.0 Å². The van der Waals surface area contributed by atoms with Crippen LogP contribution in [-0.2, 0) is 27.9 Å². The molecule has 0 unspecified atom stereocenters. The molecule has 0 saturated heterocycles. The molecule has 0 bridgehead atoms. The Bertz CT molecular complexity index is 1090. The van der Waals surface area contributed by atoms with Gasteiger partial charge in [0.2, 0.25) is 10.0 Å². The molecule has 6 heteroatoms. The lowest BCUT2D eigenvalue weighted by Crippen LogP contribution is -2.31. The highest BCUT2D eigenvalue weighted by molar-refractivity contribution is 7.89. The molecule has 32 heavy (non-hydrogen) atoms. The van der Waals surface area contributed by atoms with Gasteiger partial charge in [-0.2, -0.15) is 4.31 Å². The maximum atomic E-state index is 13.3. The Kier molecular flexibility index (Phi) is 8.62. The molecule has 0 amide bonds. The molecular weight excluding hydrogens is 422 g/mol. The molecular formula is C26H29NO4S. The van der Waals surface area contributed by atoms with Crippen molar-refractivity contribution in [2.45, 2.75) is 25.0 Å². The van der Waals surface area contributed by atoms with E-state index in [1.54, 1.807) is 19.2 Å². The third kappa shape index (κ3) is 6.79. The summed E-state index contributed by atoms with van der Waals surface area (Å²) in [5.74, 6) is 0.733. The Morgan fingerprint density at radius 1 is 0.844 bits per heavy atom. The van der Waals surface area contributed by atoms with E-state index in [4.69, 9.17) is 9.47 Å². The van der Waals surface area contributed by atoms with Crippen LogP contribution in [0, 0.1) is 6.92 Å². The summed E-state index contributed by atoms with van der Waals surface area (Å²) < 4.78 is 38.9. The summed E-state index contributed by atoms with van der Waals surface area (Å²) >= 11 is 0. The van der Waals surface area contributed by atoms with E-state index in [9.17, 15) is 8.42 Å². The van der Waals surface area contributed by atoms with Gasteiger partial charge in [-0.25, -0.2) is 8.42 Å². The second-order valence-corrected chi connectivity index (χ2v) is 9.37. The molecule has 3 aromatic carbocycles. The number of hydrogen-bond donors (Lipinski definition) is 0. The van der Waals surface area contributed by atoms with Crippen molar-refractivity contribution in [2.75, 3.05) is 20.3 Å². The van der Waals surface area contributed by atoms with Gasteiger partial charge in [-0.1, -0.05) is 72.3 Å². The van der Waals surface area contributed by atoms with Crippen molar-refractivity contribution in [2.24, 2.45) is 0 Å². The lowest BCUT2D eigenvalue weighted by atomic mass is 10.2. The lowest BCUT2D eigenvalue weighted by Gasteiger charge is -2.21. The van der Waals surface area contributed by atoms with E-state index in [2.05, 4.69) is 0 Å². The highest BCUT2D eigenvalue weighted by Gasteiger charge is 2.23. The monoisotopic (exact) mass is 451 g/mol. The topological polar surface area (TPSA) is 55.8 Å². The molecule has 0 N–H and O–H groups in total. The van der Waals surface area contributed by atoms with Crippen molar-refractivity contribution >= 4 is 10.0 Å². The van der Waals surface area contributed by atoms with Gasteiger partial charge in [0, 0.05) is 13.1 Å². The van der Waals surface area contributed by atoms with E-state index in [1.165, 1.54) is 4.31 Å². The number of aryl methyl sites for hydroxylation is 1. The Labute approximate surface area is 191 Å². The molecule has 168 valence electrons. The first-order valence-corrected chi connectivity index (χ1v) is 11.9. The number of hydrogen-bond acceptors (Lipinski definition) is 4. The van der Waals surface area contributed by atoms with Crippen LogP contribution in [0.3, 0.4) is 0 Å². The van der Waals surface area contributed by atoms with Crippen molar-refractivity contribution in [3.63, 3.8) is 0 Å². The van der Waals surface area contributed by atoms with Gasteiger partial charge in [0.1, 0.15) is 5.75 Å². The van der Waals surface area contributed by atoms with E-state index in [1.807, 2.05) is 85.8 Å². The van der Waals surface area contributed by atoms with Crippen molar-refractivity contribution in [3.8, 4) is 5.75 Å². The van der Waals surface area contributed by atoms with Crippen LogP contribution in [0.2, 0.25) is 0 Å². The lowest BCUT2D eigenvalue weighted by molar-refractivity contribution is 0.148. The SMILES string of the molecule is COc1ccc(CN(C/C=C/COCc2ccccc2)S(=O)(=O)c2ccc(C)cc2)cc1. The zero-order chi connectivity index (χ0) is 22.8. The van der Waals surface area contributed by atoms with Crippen LogP contribution in [0.15, 0.2) is 95.9 Å². The molecule has 0 spiro atoms. The summed E-state index contributed by atoms with van der Waals surface area (Å²) in [6.07, 6.45) is 3.69. The molecule has 0 aliphatic rings. The van der Waals surface area contributed by atoms with Gasteiger partial charge in [-0.3, -0.25) is 0 Å². The fraction of sp³-hybridized carbons (Fsp3) is 0.231. The molecule has 0 fully saturated rings. The predicted octanol–water partition coefficient (Wildman–Crippen LogP) is 4.97. The average molecular weight is 452 g/mol. The second kappa shape index (κ2) is 11.6. The summed E-state index contributed by atoms with van der Waals surface area (Å²) in [5, 5.41) is 0. The summed E-state index contributed by atoms with van der Waals surface area (Å²) in [7, 11) is -2.05. The first-order valence-electron chi connectivity index (χ1n) is 10.5. The first kappa shape index (κ1) is 23.7. The number of benzene rings is 3. The van der Waals surface area contributed by atoms with Crippen molar-refractivity contribution in [1.82, 2.24) is 4.31 Å². The van der Waals surface area contributed by atoms with Crippen LogP contribution in [0.4, 0.5) is 0 Å². The fourth-order valence-electron chi connectivity index (χ4n) is 3.12. The standard InChI is InChI=1S/C26H29NO4S/c1-22-10-16-26(17-11-22)32(28,29)27(20-23-12-14-25(30-2)15-13-23)18-6-7-19-31-21-24-8-4-3-5-9-24/h3-17H,18-21H2,1-2H3/b7-6+. The van der Waals surface area contributed by atoms with Crippen molar-refractivity contribution in [3.05, 3.63) is 108 Å². The third-order valence-corrected chi connectivity index (χ3v) is 6.80. The minimum Gasteiger partial charge on any atom is -0.497 e. The van der Waals surface area contributed by atoms with Crippen molar-refractivity contribution < 1.29 is 17.9 Å². The zero-order valence-electron chi connectivity index (χ0n) is 18.5. The van der Waals surface area contributed by atoms with Gasteiger partial charge in [-0.15, -0.1) is 0 Å². The Morgan fingerprint density at radius 2 is 1.53 bits per heavy atom. The third-order valence-electron chi connectivity index (χ3n) is 4.98. The molecule has 0 heterocycles. The van der Waals surface area contributed by atoms with Gasteiger partial charge < -0.3 is 9.47 Å².